The second-order valence-corrected chi connectivity index (χ2v) is 5.45. The summed E-state index contributed by atoms with van der Waals surface area (Å²) in [5.41, 5.74) is 1.69. The summed E-state index contributed by atoms with van der Waals surface area (Å²) in [5, 5.41) is 5.32. The summed E-state index contributed by atoms with van der Waals surface area (Å²) in [5.74, 6) is 0.742. The molecule has 2 heterocycles. The first-order valence-corrected chi connectivity index (χ1v) is 7.18. The maximum Gasteiger partial charge on any atom is 0.164 e. The van der Waals surface area contributed by atoms with Crippen LogP contribution in [0.3, 0.4) is 0 Å². The zero-order valence-electron chi connectivity index (χ0n) is 11.2. The Morgan fingerprint density at radius 2 is 1.90 bits per heavy atom. The Balaban J connectivity index is 1.92. The molecule has 0 saturated heterocycles. The minimum absolute atomic E-state index is 0.0260. The van der Waals surface area contributed by atoms with E-state index in [2.05, 4.69) is 20.3 Å². The summed E-state index contributed by atoms with van der Waals surface area (Å²) in [6, 6.07) is 9.40. The van der Waals surface area contributed by atoms with Crippen LogP contribution in [0, 0.1) is 0 Å². The molecule has 0 saturated carbocycles. The van der Waals surface area contributed by atoms with Crippen LogP contribution in [0.5, 0.6) is 0 Å². The van der Waals surface area contributed by atoms with Gasteiger partial charge in [-0.2, -0.15) is 0 Å². The van der Waals surface area contributed by atoms with E-state index in [1.807, 2.05) is 31.2 Å². The summed E-state index contributed by atoms with van der Waals surface area (Å²) >= 11 is 12.0. The highest BCUT2D eigenvalue weighted by atomic mass is 35.5. The molecule has 21 heavy (non-hydrogen) atoms. The monoisotopic (exact) mass is 318 g/mol. The van der Waals surface area contributed by atoms with E-state index in [0.29, 0.717) is 15.7 Å². The van der Waals surface area contributed by atoms with Crippen molar-refractivity contribution in [3.8, 4) is 0 Å². The van der Waals surface area contributed by atoms with E-state index in [1.165, 1.54) is 6.33 Å². The van der Waals surface area contributed by atoms with Crippen molar-refractivity contribution in [3.63, 3.8) is 0 Å². The van der Waals surface area contributed by atoms with Crippen LogP contribution < -0.4 is 5.32 Å². The Hall–Kier alpha value is -1.91. The number of halogens is 2. The van der Waals surface area contributed by atoms with Crippen molar-refractivity contribution >= 4 is 40.1 Å². The standard InChI is InChI=1S/C15H12Cl2N4/c1-9(10-4-5-12(16)13(17)7-10)21-15-11-3-2-6-18-14(11)19-8-20-15/h2-9H,1H3,(H,18,19,20,21)/t9-/m0/s1. The lowest BCUT2D eigenvalue weighted by Crippen LogP contribution is -2.08. The number of hydrogen-bond donors (Lipinski definition) is 1. The SMILES string of the molecule is C[C@H](Nc1ncnc2ncccc12)c1ccc(Cl)c(Cl)c1. The first kappa shape index (κ1) is 14.0. The van der Waals surface area contributed by atoms with Crippen molar-refractivity contribution in [1.29, 1.82) is 0 Å². The molecule has 0 aliphatic rings. The molecular formula is C15H12Cl2N4. The lowest BCUT2D eigenvalue weighted by atomic mass is 10.1. The molecule has 0 radical (unpaired) electrons. The molecule has 0 aliphatic carbocycles. The highest BCUT2D eigenvalue weighted by molar-refractivity contribution is 6.42. The summed E-state index contributed by atoms with van der Waals surface area (Å²) in [4.78, 5) is 12.7. The quantitative estimate of drug-likeness (QED) is 0.772. The number of benzene rings is 1. The number of aromatic nitrogens is 3. The molecule has 2 aromatic heterocycles. The summed E-state index contributed by atoms with van der Waals surface area (Å²) < 4.78 is 0. The number of pyridine rings is 1. The zero-order valence-corrected chi connectivity index (χ0v) is 12.7. The van der Waals surface area contributed by atoms with Crippen LogP contribution >= 0.6 is 23.2 Å². The molecule has 1 aromatic carbocycles. The van der Waals surface area contributed by atoms with Gasteiger partial charge >= 0.3 is 0 Å². The number of nitrogens with one attached hydrogen (secondary N) is 1. The van der Waals surface area contributed by atoms with Gasteiger partial charge in [0, 0.05) is 6.20 Å². The third-order valence-electron chi connectivity index (χ3n) is 3.21. The number of anilines is 1. The van der Waals surface area contributed by atoms with Gasteiger partial charge in [-0.3, -0.25) is 0 Å². The van der Waals surface area contributed by atoms with Gasteiger partial charge in [-0.05, 0) is 36.8 Å². The topological polar surface area (TPSA) is 50.7 Å². The molecule has 0 unspecified atom stereocenters. The second-order valence-electron chi connectivity index (χ2n) is 4.64. The molecule has 1 atom stereocenters. The minimum Gasteiger partial charge on any atom is -0.363 e. The molecule has 6 heteroatoms. The highest BCUT2D eigenvalue weighted by Crippen LogP contribution is 2.28. The van der Waals surface area contributed by atoms with E-state index in [4.69, 9.17) is 23.2 Å². The summed E-state index contributed by atoms with van der Waals surface area (Å²) in [6.07, 6.45) is 3.21. The lowest BCUT2D eigenvalue weighted by Gasteiger charge is -2.16. The maximum absolute atomic E-state index is 6.06. The minimum atomic E-state index is 0.0260. The predicted octanol–water partition coefficient (Wildman–Crippen LogP) is 4.50. The first-order valence-electron chi connectivity index (χ1n) is 6.42. The fourth-order valence-corrected chi connectivity index (χ4v) is 2.39. The average Bonchev–Trinajstić information content (AvgIpc) is 2.50. The Kier molecular flexibility index (Phi) is 3.90. The van der Waals surface area contributed by atoms with Crippen LogP contribution in [-0.2, 0) is 0 Å². The van der Waals surface area contributed by atoms with Gasteiger partial charge in [0.1, 0.15) is 12.1 Å². The molecule has 0 spiro atoms. The van der Waals surface area contributed by atoms with Crippen molar-refractivity contribution in [1.82, 2.24) is 15.0 Å². The summed E-state index contributed by atoms with van der Waals surface area (Å²) in [6.45, 7) is 2.03. The molecule has 4 nitrogen and oxygen atoms in total. The molecule has 0 fully saturated rings. The third kappa shape index (κ3) is 2.91. The van der Waals surface area contributed by atoms with Crippen LogP contribution in [0.25, 0.3) is 11.0 Å². The number of nitrogens with zero attached hydrogens (tertiary/aromatic N) is 3. The smallest absolute Gasteiger partial charge is 0.164 e. The van der Waals surface area contributed by atoms with Crippen molar-refractivity contribution in [2.75, 3.05) is 5.32 Å². The van der Waals surface area contributed by atoms with Crippen molar-refractivity contribution in [2.45, 2.75) is 13.0 Å². The number of rotatable bonds is 3. The van der Waals surface area contributed by atoms with Crippen LogP contribution in [0.15, 0.2) is 42.9 Å². The number of fused-ring (bicyclic) bond motifs is 1. The second kappa shape index (κ2) is 5.84. The van der Waals surface area contributed by atoms with E-state index in [9.17, 15) is 0 Å². The van der Waals surface area contributed by atoms with Gasteiger partial charge in [-0.25, -0.2) is 15.0 Å². The molecule has 0 amide bonds. The third-order valence-corrected chi connectivity index (χ3v) is 3.94. The van der Waals surface area contributed by atoms with Crippen molar-refractivity contribution in [3.05, 3.63) is 58.5 Å². The normalized spacial score (nSPS) is 12.3. The molecule has 0 aliphatic heterocycles. The Labute approximate surface area is 132 Å². The highest BCUT2D eigenvalue weighted by Gasteiger charge is 2.11. The van der Waals surface area contributed by atoms with E-state index < -0.39 is 0 Å². The van der Waals surface area contributed by atoms with E-state index in [0.717, 1.165) is 16.8 Å². The maximum atomic E-state index is 6.06. The average molecular weight is 319 g/mol. The lowest BCUT2D eigenvalue weighted by molar-refractivity contribution is 0.875. The van der Waals surface area contributed by atoms with Crippen LogP contribution in [0.4, 0.5) is 5.82 Å². The number of hydrogen-bond acceptors (Lipinski definition) is 4. The van der Waals surface area contributed by atoms with Crippen molar-refractivity contribution < 1.29 is 0 Å². The Morgan fingerprint density at radius 1 is 1.05 bits per heavy atom. The van der Waals surface area contributed by atoms with Gasteiger partial charge in [-0.1, -0.05) is 29.3 Å². The Bertz CT molecular complexity index is 786. The summed E-state index contributed by atoms with van der Waals surface area (Å²) in [7, 11) is 0. The predicted molar refractivity (Wildman–Crippen MR) is 85.8 cm³/mol. The van der Waals surface area contributed by atoms with Gasteiger partial charge in [0.15, 0.2) is 5.65 Å². The zero-order chi connectivity index (χ0) is 14.8. The first-order chi connectivity index (χ1) is 10.1. The van der Waals surface area contributed by atoms with Gasteiger partial charge in [0.2, 0.25) is 0 Å². The molecule has 1 N–H and O–H groups in total. The molecule has 0 bridgehead atoms. The van der Waals surface area contributed by atoms with Gasteiger partial charge < -0.3 is 5.32 Å². The fourth-order valence-electron chi connectivity index (χ4n) is 2.08. The molecular weight excluding hydrogens is 307 g/mol. The van der Waals surface area contributed by atoms with Crippen LogP contribution in [-0.4, -0.2) is 15.0 Å². The fraction of sp³-hybridized carbons (Fsp3) is 0.133. The van der Waals surface area contributed by atoms with Gasteiger partial charge in [0.05, 0.1) is 21.5 Å². The molecule has 106 valence electrons. The van der Waals surface area contributed by atoms with Gasteiger partial charge in [-0.15, -0.1) is 0 Å². The van der Waals surface area contributed by atoms with Crippen molar-refractivity contribution in [2.24, 2.45) is 0 Å². The van der Waals surface area contributed by atoms with E-state index >= 15 is 0 Å². The molecule has 3 aromatic rings. The van der Waals surface area contributed by atoms with Gasteiger partial charge in [0.25, 0.3) is 0 Å². The Morgan fingerprint density at radius 3 is 2.71 bits per heavy atom. The van der Waals surface area contributed by atoms with E-state index in [-0.39, 0.29) is 6.04 Å². The largest absolute Gasteiger partial charge is 0.363 e. The van der Waals surface area contributed by atoms with E-state index in [1.54, 1.807) is 12.3 Å². The molecule has 3 rings (SSSR count). The van der Waals surface area contributed by atoms with Crippen LogP contribution in [0.2, 0.25) is 10.0 Å². The van der Waals surface area contributed by atoms with Crippen LogP contribution in [0.1, 0.15) is 18.5 Å².